The third-order valence-electron chi connectivity index (χ3n) is 0.696. The van der Waals surface area contributed by atoms with Gasteiger partial charge in [0.25, 0.3) is 0 Å². The zero-order chi connectivity index (χ0) is 9.56. The Balaban J connectivity index is 3.81. The standard InChI is InChI=1S/C5H8Cl2N4S/c6-1-3(7)2-12-5(10)11-4(8)9/h1H,2H2,(H5,8,9,10,11). The van der Waals surface area contributed by atoms with Crippen LogP contribution in [0.25, 0.3) is 0 Å². The number of rotatable bonds is 2. The van der Waals surface area contributed by atoms with Gasteiger partial charge in [0.2, 0.25) is 0 Å². The second-order valence-electron chi connectivity index (χ2n) is 1.69. The van der Waals surface area contributed by atoms with Gasteiger partial charge in [-0.05, 0) is 0 Å². The first-order valence-corrected chi connectivity index (χ1v) is 4.62. The third kappa shape index (κ3) is 6.33. The average molecular weight is 227 g/mol. The molecular formula is C5H8Cl2N4S. The van der Waals surface area contributed by atoms with Crippen LogP contribution in [0.4, 0.5) is 0 Å². The van der Waals surface area contributed by atoms with Gasteiger partial charge in [-0.25, -0.2) is 0 Å². The number of halogens is 2. The number of nitrogens with zero attached hydrogens (tertiary/aromatic N) is 1. The molecule has 0 spiro atoms. The summed E-state index contributed by atoms with van der Waals surface area (Å²) in [6, 6.07) is 0. The van der Waals surface area contributed by atoms with E-state index < -0.39 is 0 Å². The van der Waals surface area contributed by atoms with Crippen LogP contribution in [-0.2, 0) is 0 Å². The third-order valence-corrected chi connectivity index (χ3v) is 2.29. The first-order chi connectivity index (χ1) is 5.56. The van der Waals surface area contributed by atoms with Crippen LogP contribution in [-0.4, -0.2) is 16.9 Å². The van der Waals surface area contributed by atoms with Crippen LogP contribution in [0.1, 0.15) is 0 Å². The first kappa shape index (κ1) is 11.6. The van der Waals surface area contributed by atoms with E-state index in [1.165, 1.54) is 5.54 Å². The summed E-state index contributed by atoms with van der Waals surface area (Å²) in [7, 11) is 0. The molecule has 7 heteroatoms. The molecule has 0 aliphatic rings. The van der Waals surface area contributed by atoms with Crippen molar-refractivity contribution in [3.05, 3.63) is 10.6 Å². The van der Waals surface area contributed by atoms with E-state index in [-0.39, 0.29) is 11.1 Å². The first-order valence-electron chi connectivity index (χ1n) is 2.82. The molecule has 12 heavy (non-hydrogen) atoms. The summed E-state index contributed by atoms with van der Waals surface area (Å²) < 4.78 is 0. The second-order valence-corrected chi connectivity index (χ2v) is 3.35. The highest BCUT2D eigenvalue weighted by molar-refractivity contribution is 8.14. The number of nitrogens with one attached hydrogen (secondary N) is 1. The van der Waals surface area contributed by atoms with Crippen LogP contribution in [0.3, 0.4) is 0 Å². The summed E-state index contributed by atoms with van der Waals surface area (Å²) in [5, 5.41) is 7.62. The lowest BCUT2D eigenvalue weighted by Gasteiger charge is -1.96. The van der Waals surface area contributed by atoms with Crippen molar-refractivity contribution in [1.82, 2.24) is 0 Å². The summed E-state index contributed by atoms with van der Waals surface area (Å²) in [4.78, 5) is 3.47. The summed E-state index contributed by atoms with van der Waals surface area (Å²) in [6.45, 7) is 0. The Bertz CT molecular complexity index is 221. The zero-order valence-corrected chi connectivity index (χ0v) is 8.38. The van der Waals surface area contributed by atoms with Gasteiger partial charge in [-0.1, -0.05) is 35.0 Å². The van der Waals surface area contributed by atoms with E-state index in [1.54, 1.807) is 0 Å². The summed E-state index contributed by atoms with van der Waals surface area (Å²) in [5.74, 6) is 0.249. The summed E-state index contributed by atoms with van der Waals surface area (Å²) in [5.41, 5.74) is 11.3. The number of thioether (sulfide) groups is 1. The molecule has 0 aromatic heterocycles. The molecule has 0 aliphatic carbocycles. The average Bonchev–Trinajstić information content (AvgIpc) is 1.99. The van der Waals surface area contributed by atoms with Gasteiger partial charge in [0.15, 0.2) is 11.1 Å². The molecule has 0 radical (unpaired) electrons. The highest BCUT2D eigenvalue weighted by Crippen LogP contribution is 2.13. The van der Waals surface area contributed by atoms with Gasteiger partial charge >= 0.3 is 0 Å². The molecular weight excluding hydrogens is 219 g/mol. The lowest BCUT2D eigenvalue weighted by atomic mass is 10.7. The number of hydrogen-bond donors (Lipinski definition) is 3. The molecule has 68 valence electrons. The van der Waals surface area contributed by atoms with Crippen molar-refractivity contribution in [1.29, 1.82) is 5.41 Å². The fourth-order valence-electron chi connectivity index (χ4n) is 0.318. The van der Waals surface area contributed by atoms with E-state index in [4.69, 9.17) is 40.1 Å². The summed E-state index contributed by atoms with van der Waals surface area (Å²) in [6.07, 6.45) is 0. The number of guanidine groups is 1. The Hall–Kier alpha value is -0.390. The fraction of sp³-hybridized carbons (Fsp3) is 0.200. The minimum Gasteiger partial charge on any atom is -0.370 e. The van der Waals surface area contributed by atoms with E-state index in [1.807, 2.05) is 0 Å². The van der Waals surface area contributed by atoms with Crippen LogP contribution < -0.4 is 11.5 Å². The molecule has 0 amide bonds. The lowest BCUT2D eigenvalue weighted by Crippen LogP contribution is -2.23. The van der Waals surface area contributed by atoms with Crippen LogP contribution in [0.2, 0.25) is 0 Å². The lowest BCUT2D eigenvalue weighted by molar-refractivity contribution is 1.44. The van der Waals surface area contributed by atoms with Gasteiger partial charge in [-0.15, -0.1) is 0 Å². The van der Waals surface area contributed by atoms with Crippen molar-refractivity contribution in [2.75, 3.05) is 5.75 Å². The Labute approximate surface area is 84.5 Å². The Kier molecular flexibility index (Phi) is 5.96. The highest BCUT2D eigenvalue weighted by atomic mass is 35.5. The van der Waals surface area contributed by atoms with E-state index >= 15 is 0 Å². The maximum Gasteiger partial charge on any atom is 0.193 e. The SMILES string of the molecule is N=C(N=C(N)N)SCC(Cl)=CCl. The molecule has 4 nitrogen and oxygen atoms in total. The molecule has 0 heterocycles. The largest absolute Gasteiger partial charge is 0.370 e. The molecule has 0 aliphatic heterocycles. The van der Waals surface area contributed by atoms with Crippen LogP contribution in [0.5, 0.6) is 0 Å². The van der Waals surface area contributed by atoms with Crippen molar-refractivity contribution >= 4 is 46.1 Å². The maximum atomic E-state index is 7.17. The molecule has 5 N–H and O–H groups in total. The predicted octanol–water partition coefficient (Wildman–Crippen LogP) is 1.25. The summed E-state index contributed by atoms with van der Waals surface area (Å²) >= 11 is 11.9. The predicted molar refractivity (Wildman–Crippen MR) is 55.8 cm³/mol. The maximum absolute atomic E-state index is 7.17. The Morgan fingerprint density at radius 3 is 2.58 bits per heavy atom. The van der Waals surface area contributed by atoms with Crippen molar-refractivity contribution in [3.63, 3.8) is 0 Å². The van der Waals surface area contributed by atoms with Gasteiger partial charge in [0, 0.05) is 16.3 Å². The number of hydrogen-bond acceptors (Lipinski definition) is 2. The zero-order valence-electron chi connectivity index (χ0n) is 6.05. The van der Waals surface area contributed by atoms with Gasteiger partial charge in [-0.3, -0.25) is 5.41 Å². The van der Waals surface area contributed by atoms with Gasteiger partial charge in [0.05, 0.1) is 0 Å². The molecule has 0 saturated heterocycles. The van der Waals surface area contributed by atoms with Crippen molar-refractivity contribution < 1.29 is 0 Å². The molecule has 0 fully saturated rings. The normalized spacial score (nSPS) is 11.0. The van der Waals surface area contributed by atoms with Crippen molar-refractivity contribution in [2.24, 2.45) is 16.5 Å². The number of nitrogens with two attached hydrogens (primary N) is 2. The molecule has 0 saturated carbocycles. The monoisotopic (exact) mass is 226 g/mol. The van der Waals surface area contributed by atoms with Gasteiger partial charge < -0.3 is 11.5 Å². The molecule has 0 aromatic carbocycles. The van der Waals surface area contributed by atoms with Crippen LogP contribution >= 0.6 is 35.0 Å². The van der Waals surface area contributed by atoms with Crippen molar-refractivity contribution in [3.8, 4) is 0 Å². The van der Waals surface area contributed by atoms with E-state index in [2.05, 4.69) is 4.99 Å². The molecule has 0 rings (SSSR count). The second kappa shape index (κ2) is 6.16. The molecule has 0 bridgehead atoms. The van der Waals surface area contributed by atoms with Crippen LogP contribution in [0.15, 0.2) is 15.6 Å². The highest BCUT2D eigenvalue weighted by Gasteiger charge is 1.97. The Morgan fingerprint density at radius 1 is 1.58 bits per heavy atom. The van der Waals surface area contributed by atoms with Gasteiger partial charge in [0.1, 0.15) is 0 Å². The minimum atomic E-state index is -0.140. The molecule has 0 unspecified atom stereocenters. The number of aliphatic imine (C=N–C) groups is 1. The van der Waals surface area contributed by atoms with Gasteiger partial charge in [-0.2, -0.15) is 4.99 Å². The van der Waals surface area contributed by atoms with Crippen LogP contribution in [0, 0.1) is 5.41 Å². The van der Waals surface area contributed by atoms with E-state index in [0.717, 1.165) is 11.8 Å². The van der Waals surface area contributed by atoms with E-state index in [9.17, 15) is 0 Å². The Morgan fingerprint density at radius 2 is 2.17 bits per heavy atom. The smallest absolute Gasteiger partial charge is 0.193 e. The quantitative estimate of drug-likeness (QED) is 0.490. The topological polar surface area (TPSA) is 88.2 Å². The fourth-order valence-corrected chi connectivity index (χ4v) is 1.18. The van der Waals surface area contributed by atoms with Crippen molar-refractivity contribution in [2.45, 2.75) is 0 Å². The minimum absolute atomic E-state index is 0.00617. The van der Waals surface area contributed by atoms with E-state index in [0.29, 0.717) is 10.8 Å². The number of amidine groups is 1. The molecule has 0 atom stereocenters. The molecule has 0 aromatic rings.